The lowest BCUT2D eigenvalue weighted by molar-refractivity contribution is -0.0887. The maximum Gasteiger partial charge on any atom is 0.110 e. The number of hydrogen-bond donors (Lipinski definition) is 1. The Bertz CT molecular complexity index is 377. The molecule has 1 saturated carbocycles. The first-order chi connectivity index (χ1) is 9.22. The van der Waals surface area contributed by atoms with Gasteiger partial charge < -0.3 is 14.6 Å². The zero-order valence-electron chi connectivity index (χ0n) is 12.5. The lowest BCUT2D eigenvalue weighted by Crippen LogP contribution is -2.54. The van der Waals surface area contributed by atoms with Crippen LogP contribution in [0.3, 0.4) is 0 Å². The number of ether oxygens (including phenoxy) is 1. The Morgan fingerprint density at radius 2 is 2.16 bits per heavy atom. The highest BCUT2D eigenvalue weighted by Crippen LogP contribution is 2.35. The molecule has 1 heterocycles. The van der Waals surface area contributed by atoms with Gasteiger partial charge in [0.25, 0.3) is 0 Å². The highest BCUT2D eigenvalue weighted by atomic mass is 16.5. The Balaban J connectivity index is 2.14. The summed E-state index contributed by atoms with van der Waals surface area (Å²) in [5.74, 6) is 1.13. The normalized spacial score (nSPS) is 20.4. The summed E-state index contributed by atoms with van der Waals surface area (Å²) in [6.07, 6.45) is 11.0. The first-order valence-electron chi connectivity index (χ1n) is 7.49. The van der Waals surface area contributed by atoms with Crippen molar-refractivity contribution in [1.29, 1.82) is 0 Å². The van der Waals surface area contributed by atoms with Crippen LogP contribution in [0.2, 0.25) is 0 Å². The second-order valence-corrected chi connectivity index (χ2v) is 5.56. The van der Waals surface area contributed by atoms with Gasteiger partial charge in [0, 0.05) is 38.5 Å². The molecule has 0 amide bonds. The second kappa shape index (κ2) is 6.53. The van der Waals surface area contributed by atoms with Gasteiger partial charge >= 0.3 is 0 Å². The molecule has 19 heavy (non-hydrogen) atoms. The Kier molecular flexibility index (Phi) is 4.99. The van der Waals surface area contributed by atoms with E-state index in [1.807, 2.05) is 19.4 Å². The molecule has 0 aliphatic heterocycles. The highest BCUT2D eigenvalue weighted by molar-refractivity contribution is 5.02. The van der Waals surface area contributed by atoms with Crippen LogP contribution in [0.15, 0.2) is 12.4 Å². The smallest absolute Gasteiger partial charge is 0.110 e. The van der Waals surface area contributed by atoms with Crippen molar-refractivity contribution in [2.24, 2.45) is 7.05 Å². The molecular formula is C15H27N3O. The van der Waals surface area contributed by atoms with Crippen LogP contribution in [0, 0.1) is 0 Å². The molecule has 0 saturated heterocycles. The van der Waals surface area contributed by atoms with Crippen LogP contribution >= 0.6 is 0 Å². The van der Waals surface area contributed by atoms with Crippen molar-refractivity contribution in [1.82, 2.24) is 14.9 Å². The van der Waals surface area contributed by atoms with Gasteiger partial charge in [0.05, 0.1) is 5.60 Å². The number of hydrogen-bond acceptors (Lipinski definition) is 3. The molecule has 108 valence electrons. The number of aromatic nitrogens is 2. The standard InChI is InChI=1S/C15H27N3O/c1-4-19-15(8-6-5-7-9-15)13(16-2)12-14-17-10-11-18(14)3/h10-11,13,16H,4-9,12H2,1-3H3. The molecule has 0 bridgehead atoms. The van der Waals surface area contributed by atoms with Crippen LogP contribution in [0.4, 0.5) is 0 Å². The minimum absolute atomic E-state index is 0.00625. The fourth-order valence-corrected chi connectivity index (χ4v) is 3.36. The Morgan fingerprint density at radius 3 is 2.68 bits per heavy atom. The van der Waals surface area contributed by atoms with Gasteiger partial charge in [0.2, 0.25) is 0 Å². The molecule has 1 unspecified atom stereocenters. The predicted octanol–water partition coefficient (Wildman–Crippen LogP) is 2.29. The summed E-state index contributed by atoms with van der Waals surface area (Å²) in [6.45, 7) is 2.89. The molecule has 0 aromatic carbocycles. The Hall–Kier alpha value is -0.870. The maximum atomic E-state index is 6.21. The number of imidazole rings is 1. The van der Waals surface area contributed by atoms with Gasteiger partial charge in [-0.15, -0.1) is 0 Å². The monoisotopic (exact) mass is 265 g/mol. The van der Waals surface area contributed by atoms with Crippen LogP contribution in [0.5, 0.6) is 0 Å². The van der Waals surface area contributed by atoms with E-state index in [0.29, 0.717) is 6.04 Å². The number of rotatable bonds is 6. The summed E-state index contributed by atoms with van der Waals surface area (Å²) in [5.41, 5.74) is -0.00625. The van der Waals surface area contributed by atoms with Gasteiger partial charge in [-0.3, -0.25) is 0 Å². The quantitative estimate of drug-likeness (QED) is 0.858. The van der Waals surface area contributed by atoms with E-state index in [9.17, 15) is 0 Å². The molecule has 1 atom stereocenters. The molecule has 1 aromatic rings. The number of aryl methyl sites for hydroxylation is 1. The van der Waals surface area contributed by atoms with Gasteiger partial charge in [-0.25, -0.2) is 4.98 Å². The third kappa shape index (κ3) is 3.18. The van der Waals surface area contributed by atoms with Gasteiger partial charge in [-0.05, 0) is 26.8 Å². The lowest BCUT2D eigenvalue weighted by atomic mass is 9.78. The largest absolute Gasteiger partial charge is 0.374 e. The zero-order valence-corrected chi connectivity index (χ0v) is 12.5. The van der Waals surface area contributed by atoms with E-state index < -0.39 is 0 Å². The molecule has 4 heteroatoms. The van der Waals surface area contributed by atoms with Crippen LogP contribution in [-0.4, -0.2) is 34.8 Å². The summed E-state index contributed by atoms with van der Waals surface area (Å²) in [5, 5.41) is 3.48. The molecule has 1 aliphatic rings. The van der Waals surface area contributed by atoms with E-state index in [4.69, 9.17) is 4.74 Å². The van der Waals surface area contributed by atoms with Crippen molar-refractivity contribution in [2.45, 2.75) is 57.1 Å². The third-order valence-corrected chi connectivity index (χ3v) is 4.42. The molecule has 2 rings (SSSR count). The summed E-state index contributed by atoms with van der Waals surface area (Å²) in [6, 6.07) is 0.342. The molecule has 1 aliphatic carbocycles. The third-order valence-electron chi connectivity index (χ3n) is 4.42. The summed E-state index contributed by atoms with van der Waals surface area (Å²) < 4.78 is 8.32. The molecular weight excluding hydrogens is 238 g/mol. The topological polar surface area (TPSA) is 39.1 Å². The van der Waals surface area contributed by atoms with Crippen LogP contribution < -0.4 is 5.32 Å². The fourth-order valence-electron chi connectivity index (χ4n) is 3.36. The molecule has 1 N–H and O–H groups in total. The Morgan fingerprint density at radius 1 is 1.42 bits per heavy atom. The van der Waals surface area contributed by atoms with Gasteiger partial charge in [0.15, 0.2) is 0 Å². The number of likely N-dealkylation sites (N-methyl/N-ethyl adjacent to an activating group) is 1. The van der Waals surface area contributed by atoms with Crippen molar-refractivity contribution >= 4 is 0 Å². The van der Waals surface area contributed by atoms with Crippen LogP contribution in [-0.2, 0) is 18.2 Å². The van der Waals surface area contributed by atoms with Crippen LogP contribution in [0.25, 0.3) is 0 Å². The average molecular weight is 265 g/mol. The first-order valence-corrected chi connectivity index (χ1v) is 7.49. The minimum Gasteiger partial charge on any atom is -0.374 e. The number of nitrogens with one attached hydrogen (secondary N) is 1. The average Bonchev–Trinajstić information content (AvgIpc) is 2.82. The van der Waals surface area contributed by atoms with Crippen molar-refractivity contribution in [3.05, 3.63) is 18.2 Å². The minimum atomic E-state index is -0.00625. The van der Waals surface area contributed by atoms with E-state index in [0.717, 1.165) is 31.7 Å². The summed E-state index contributed by atoms with van der Waals surface area (Å²) in [4.78, 5) is 4.46. The van der Waals surface area contributed by atoms with E-state index in [2.05, 4.69) is 28.8 Å². The summed E-state index contributed by atoms with van der Waals surface area (Å²) >= 11 is 0. The van der Waals surface area contributed by atoms with Crippen molar-refractivity contribution in [3.63, 3.8) is 0 Å². The van der Waals surface area contributed by atoms with Gasteiger partial charge in [0.1, 0.15) is 5.82 Å². The molecule has 0 radical (unpaired) electrons. The van der Waals surface area contributed by atoms with E-state index in [1.165, 1.54) is 19.3 Å². The van der Waals surface area contributed by atoms with E-state index >= 15 is 0 Å². The van der Waals surface area contributed by atoms with Crippen molar-refractivity contribution < 1.29 is 4.74 Å². The zero-order chi connectivity index (χ0) is 13.7. The maximum absolute atomic E-state index is 6.21. The lowest BCUT2D eigenvalue weighted by Gasteiger charge is -2.43. The van der Waals surface area contributed by atoms with Crippen LogP contribution in [0.1, 0.15) is 44.9 Å². The van der Waals surface area contributed by atoms with Crippen molar-refractivity contribution in [2.75, 3.05) is 13.7 Å². The first kappa shape index (κ1) is 14.5. The molecule has 1 aromatic heterocycles. The predicted molar refractivity (Wildman–Crippen MR) is 77.2 cm³/mol. The fraction of sp³-hybridized carbons (Fsp3) is 0.800. The SMILES string of the molecule is CCOC1(C(Cc2nccn2C)NC)CCCCC1. The Labute approximate surface area is 116 Å². The second-order valence-electron chi connectivity index (χ2n) is 5.56. The molecule has 4 nitrogen and oxygen atoms in total. The number of nitrogens with zero attached hydrogens (tertiary/aromatic N) is 2. The molecule has 1 fully saturated rings. The van der Waals surface area contributed by atoms with Crippen molar-refractivity contribution in [3.8, 4) is 0 Å². The van der Waals surface area contributed by atoms with E-state index in [1.54, 1.807) is 0 Å². The molecule has 0 spiro atoms. The van der Waals surface area contributed by atoms with Gasteiger partial charge in [-0.1, -0.05) is 19.3 Å². The summed E-state index contributed by atoms with van der Waals surface area (Å²) in [7, 11) is 4.10. The van der Waals surface area contributed by atoms with Gasteiger partial charge in [-0.2, -0.15) is 0 Å². The van der Waals surface area contributed by atoms with E-state index in [-0.39, 0.29) is 5.60 Å². The highest BCUT2D eigenvalue weighted by Gasteiger charge is 2.40.